The maximum atomic E-state index is 13.6. The van der Waals surface area contributed by atoms with Gasteiger partial charge < -0.3 is 5.32 Å². The van der Waals surface area contributed by atoms with Crippen LogP contribution in [0.4, 0.5) is 8.78 Å². The molecule has 100 valence electrons. The highest BCUT2D eigenvalue weighted by atomic mass is 19.1. The van der Waals surface area contributed by atoms with E-state index < -0.39 is 11.6 Å². The lowest BCUT2D eigenvalue weighted by Crippen LogP contribution is -2.40. The summed E-state index contributed by atoms with van der Waals surface area (Å²) < 4.78 is 26.5. The molecular weight excluding hydrogens is 232 g/mol. The fourth-order valence-electron chi connectivity index (χ4n) is 2.11. The van der Waals surface area contributed by atoms with E-state index in [2.05, 4.69) is 26.1 Å². The van der Waals surface area contributed by atoms with E-state index in [1.165, 1.54) is 6.07 Å². The molecule has 2 rings (SSSR count). The molecule has 1 nitrogen and oxygen atoms in total. The van der Waals surface area contributed by atoms with Crippen LogP contribution in [0.3, 0.4) is 0 Å². The van der Waals surface area contributed by atoms with E-state index in [1.54, 1.807) is 6.07 Å². The molecule has 0 heterocycles. The fourth-order valence-corrected chi connectivity index (χ4v) is 2.11. The van der Waals surface area contributed by atoms with Gasteiger partial charge in [0, 0.05) is 18.2 Å². The third kappa shape index (κ3) is 3.52. The molecule has 0 unspecified atom stereocenters. The Morgan fingerprint density at radius 1 is 1.22 bits per heavy atom. The maximum absolute atomic E-state index is 13.6. The molecule has 0 amide bonds. The van der Waals surface area contributed by atoms with Crippen LogP contribution in [0.25, 0.3) is 0 Å². The smallest absolute Gasteiger partial charge is 0.129 e. The third-order valence-electron chi connectivity index (χ3n) is 3.53. The molecule has 0 spiro atoms. The predicted molar refractivity (Wildman–Crippen MR) is 69.5 cm³/mol. The molecule has 0 bridgehead atoms. The lowest BCUT2D eigenvalue weighted by atomic mass is 9.94. The number of hydrogen-bond donors (Lipinski definition) is 1. The summed E-state index contributed by atoms with van der Waals surface area (Å²) in [6, 6.07) is 3.89. The van der Waals surface area contributed by atoms with E-state index in [9.17, 15) is 8.78 Å². The minimum atomic E-state index is -0.506. The van der Waals surface area contributed by atoms with Crippen molar-refractivity contribution in [3.63, 3.8) is 0 Å². The second-order valence-corrected chi connectivity index (χ2v) is 6.52. The molecule has 0 saturated heterocycles. The first kappa shape index (κ1) is 13.5. The quantitative estimate of drug-likeness (QED) is 0.863. The number of benzene rings is 1. The third-order valence-corrected chi connectivity index (χ3v) is 3.53. The number of halogens is 2. The molecular formula is C15H21F2N. The number of rotatable bonds is 4. The summed E-state index contributed by atoms with van der Waals surface area (Å²) in [5.41, 5.74) is 0.882. The zero-order valence-electron chi connectivity index (χ0n) is 11.3. The van der Waals surface area contributed by atoms with Crippen molar-refractivity contribution in [2.24, 2.45) is 5.41 Å². The molecule has 18 heavy (non-hydrogen) atoms. The Kier molecular flexibility index (Phi) is 3.45. The van der Waals surface area contributed by atoms with Crippen LogP contribution >= 0.6 is 0 Å². The predicted octanol–water partition coefficient (Wildman–Crippen LogP) is 3.68. The van der Waals surface area contributed by atoms with Gasteiger partial charge in [-0.1, -0.05) is 6.07 Å². The Hall–Kier alpha value is -0.960. The van der Waals surface area contributed by atoms with E-state index in [4.69, 9.17) is 0 Å². The lowest BCUT2D eigenvalue weighted by Gasteiger charge is -2.25. The molecule has 1 aliphatic carbocycles. The second kappa shape index (κ2) is 4.61. The molecule has 0 aromatic heterocycles. The molecule has 3 heteroatoms. The largest absolute Gasteiger partial charge is 0.312 e. The van der Waals surface area contributed by atoms with Gasteiger partial charge in [-0.15, -0.1) is 0 Å². The summed E-state index contributed by atoms with van der Waals surface area (Å²) >= 11 is 0. The van der Waals surface area contributed by atoms with Crippen molar-refractivity contribution in [3.05, 3.63) is 35.4 Å². The van der Waals surface area contributed by atoms with Crippen molar-refractivity contribution in [2.45, 2.75) is 45.6 Å². The molecule has 1 aromatic carbocycles. The minimum Gasteiger partial charge on any atom is -0.312 e. The highest BCUT2D eigenvalue weighted by Crippen LogP contribution is 2.48. The highest BCUT2D eigenvalue weighted by Gasteiger charge is 2.43. The van der Waals surface area contributed by atoms with Crippen molar-refractivity contribution in [1.82, 2.24) is 5.32 Å². The topological polar surface area (TPSA) is 12.0 Å². The average molecular weight is 253 g/mol. The van der Waals surface area contributed by atoms with Crippen molar-refractivity contribution in [1.29, 1.82) is 0 Å². The SMILES string of the molecule is CC(C)(C)NCC1(Cc2ccc(F)cc2F)CC1. The van der Waals surface area contributed by atoms with E-state index in [0.717, 1.165) is 25.5 Å². The Morgan fingerprint density at radius 3 is 2.39 bits per heavy atom. The van der Waals surface area contributed by atoms with Gasteiger partial charge in [-0.25, -0.2) is 8.78 Å². The zero-order valence-corrected chi connectivity index (χ0v) is 11.3. The van der Waals surface area contributed by atoms with Gasteiger partial charge in [0.1, 0.15) is 11.6 Å². The molecule has 0 atom stereocenters. The highest BCUT2D eigenvalue weighted by molar-refractivity contribution is 5.22. The summed E-state index contributed by atoms with van der Waals surface area (Å²) in [7, 11) is 0. The van der Waals surface area contributed by atoms with Crippen LogP contribution in [-0.4, -0.2) is 12.1 Å². The monoisotopic (exact) mass is 253 g/mol. The number of hydrogen-bond acceptors (Lipinski definition) is 1. The Bertz CT molecular complexity index is 431. The van der Waals surface area contributed by atoms with Gasteiger partial charge in [-0.3, -0.25) is 0 Å². The molecule has 1 aliphatic rings. The van der Waals surface area contributed by atoms with Crippen molar-refractivity contribution < 1.29 is 8.78 Å². The lowest BCUT2D eigenvalue weighted by molar-refractivity contribution is 0.353. The van der Waals surface area contributed by atoms with E-state index >= 15 is 0 Å². The standard InChI is InChI=1S/C15H21F2N/c1-14(2,3)18-10-15(6-7-15)9-11-4-5-12(16)8-13(11)17/h4-5,8,18H,6-7,9-10H2,1-3H3. The number of nitrogens with one attached hydrogen (secondary N) is 1. The van der Waals surface area contributed by atoms with Crippen LogP contribution in [0.5, 0.6) is 0 Å². The van der Waals surface area contributed by atoms with Crippen molar-refractivity contribution in [2.75, 3.05) is 6.54 Å². The van der Waals surface area contributed by atoms with Crippen LogP contribution in [0.2, 0.25) is 0 Å². The Morgan fingerprint density at radius 2 is 1.89 bits per heavy atom. The average Bonchev–Trinajstić information content (AvgIpc) is 3.00. The molecule has 1 fully saturated rings. The first-order chi connectivity index (χ1) is 8.30. The summed E-state index contributed by atoms with van der Waals surface area (Å²) in [4.78, 5) is 0. The molecule has 1 saturated carbocycles. The van der Waals surface area contributed by atoms with Crippen LogP contribution in [0.15, 0.2) is 18.2 Å². The summed E-state index contributed by atoms with van der Waals surface area (Å²) in [6.45, 7) is 7.28. The normalized spacial score (nSPS) is 17.8. The van der Waals surface area contributed by atoms with Crippen molar-refractivity contribution >= 4 is 0 Å². The van der Waals surface area contributed by atoms with E-state index in [1.807, 2.05) is 0 Å². The maximum Gasteiger partial charge on any atom is 0.129 e. The second-order valence-electron chi connectivity index (χ2n) is 6.52. The van der Waals surface area contributed by atoms with Gasteiger partial charge in [0.05, 0.1) is 0 Å². The summed E-state index contributed by atoms with van der Waals surface area (Å²) in [5.74, 6) is -0.925. The first-order valence-corrected chi connectivity index (χ1v) is 6.49. The van der Waals surface area contributed by atoms with Gasteiger partial charge in [0.2, 0.25) is 0 Å². The summed E-state index contributed by atoms with van der Waals surface area (Å²) in [6.07, 6.45) is 2.93. The van der Waals surface area contributed by atoms with Gasteiger partial charge in [0.25, 0.3) is 0 Å². The molecule has 0 radical (unpaired) electrons. The van der Waals surface area contributed by atoms with Crippen molar-refractivity contribution in [3.8, 4) is 0 Å². The molecule has 1 N–H and O–H groups in total. The summed E-state index contributed by atoms with van der Waals surface area (Å²) in [5, 5.41) is 3.48. The first-order valence-electron chi connectivity index (χ1n) is 6.49. The van der Waals surface area contributed by atoms with Gasteiger partial charge in [0.15, 0.2) is 0 Å². The van der Waals surface area contributed by atoms with Gasteiger partial charge in [-0.2, -0.15) is 0 Å². The zero-order chi connectivity index (χ0) is 13.4. The van der Waals surface area contributed by atoms with Gasteiger partial charge in [-0.05, 0) is 57.1 Å². The molecule has 0 aliphatic heterocycles. The van der Waals surface area contributed by atoms with E-state index in [-0.39, 0.29) is 11.0 Å². The van der Waals surface area contributed by atoms with E-state index in [0.29, 0.717) is 12.0 Å². The van der Waals surface area contributed by atoms with Crippen LogP contribution in [0.1, 0.15) is 39.2 Å². The fraction of sp³-hybridized carbons (Fsp3) is 0.600. The van der Waals surface area contributed by atoms with Gasteiger partial charge >= 0.3 is 0 Å². The minimum absolute atomic E-state index is 0.0803. The Labute approximate surface area is 108 Å². The molecule has 1 aromatic rings. The Balaban J connectivity index is 2.00. The van der Waals surface area contributed by atoms with Crippen LogP contribution < -0.4 is 5.32 Å². The van der Waals surface area contributed by atoms with Crippen LogP contribution in [-0.2, 0) is 6.42 Å². The van der Waals surface area contributed by atoms with Crippen LogP contribution in [0, 0.1) is 17.0 Å².